The second-order valence-electron chi connectivity index (χ2n) is 9.02. The van der Waals surface area contributed by atoms with Crippen molar-refractivity contribution in [3.05, 3.63) is 96.2 Å². The Morgan fingerprint density at radius 1 is 0.794 bits per heavy atom. The van der Waals surface area contributed by atoms with Crippen LogP contribution in [0.15, 0.2) is 96.2 Å². The van der Waals surface area contributed by atoms with E-state index in [1.165, 1.54) is 6.92 Å². The highest BCUT2D eigenvalue weighted by Crippen LogP contribution is 2.54. The molecule has 1 aromatic rings. The molecule has 0 bridgehead atoms. The van der Waals surface area contributed by atoms with E-state index >= 15 is 0 Å². The Labute approximate surface area is 197 Å². The molecule has 34 heavy (non-hydrogen) atoms. The van der Waals surface area contributed by atoms with Crippen molar-refractivity contribution >= 4 is 5.69 Å². The third kappa shape index (κ3) is 5.08. The second kappa shape index (κ2) is 9.49. The molecule has 0 saturated carbocycles. The van der Waals surface area contributed by atoms with Crippen molar-refractivity contribution in [1.29, 1.82) is 0 Å². The average molecular weight is 471 g/mol. The molecule has 3 aliphatic rings. The van der Waals surface area contributed by atoms with Gasteiger partial charge in [0.15, 0.2) is 0 Å². The van der Waals surface area contributed by atoms with E-state index in [2.05, 4.69) is 0 Å². The fourth-order valence-corrected chi connectivity index (χ4v) is 4.50. The molecule has 3 aliphatic carbocycles. The first kappa shape index (κ1) is 23.8. The minimum absolute atomic E-state index is 0.167. The van der Waals surface area contributed by atoms with E-state index < -0.39 is 23.4 Å². The second-order valence-corrected chi connectivity index (χ2v) is 9.02. The number of allylic oxidation sites excluding steroid dienone is 7. The van der Waals surface area contributed by atoms with Crippen LogP contribution in [0, 0.1) is 17.3 Å². The normalized spacial score (nSPS) is 26.2. The van der Waals surface area contributed by atoms with Gasteiger partial charge in [0, 0.05) is 17.8 Å². The van der Waals surface area contributed by atoms with Crippen molar-refractivity contribution in [3.8, 4) is 5.75 Å². The van der Waals surface area contributed by atoms with Gasteiger partial charge in [-0.1, -0.05) is 18.2 Å². The Bertz CT molecular complexity index is 1080. The summed E-state index contributed by atoms with van der Waals surface area (Å²) in [5, 5.41) is 0. The molecule has 4 N–H and O–H groups in total. The summed E-state index contributed by atoms with van der Waals surface area (Å²) < 4.78 is 55.0. The van der Waals surface area contributed by atoms with Gasteiger partial charge in [-0.05, 0) is 92.3 Å². The highest BCUT2D eigenvalue weighted by Gasteiger charge is 2.58. The van der Waals surface area contributed by atoms with Gasteiger partial charge in [0.2, 0.25) is 0 Å². The van der Waals surface area contributed by atoms with Gasteiger partial charge in [-0.15, -0.1) is 0 Å². The lowest BCUT2D eigenvalue weighted by atomic mass is 9.63. The number of nitrogens with two attached hydrogens (primary N) is 2. The summed E-state index contributed by atoms with van der Waals surface area (Å²) >= 11 is 0. The summed E-state index contributed by atoms with van der Waals surface area (Å²) in [6.07, 6.45) is 12.1. The summed E-state index contributed by atoms with van der Waals surface area (Å²) in [5.74, 6) is 0.269. The predicted molar refractivity (Wildman–Crippen MR) is 127 cm³/mol. The first-order valence-electron chi connectivity index (χ1n) is 11.3. The average Bonchev–Trinajstić information content (AvgIpc) is 2.82. The number of halogens is 3. The lowest BCUT2D eigenvalue weighted by Crippen LogP contribution is -2.47. The number of hydrogen-bond acceptors (Lipinski definition) is 4. The van der Waals surface area contributed by atoms with E-state index in [0.29, 0.717) is 35.1 Å². The van der Waals surface area contributed by atoms with E-state index in [1.54, 1.807) is 66.8 Å². The fraction of sp³-hybridized carbons (Fsp3) is 0.333. The van der Waals surface area contributed by atoms with Crippen LogP contribution in [-0.4, -0.2) is 12.3 Å². The van der Waals surface area contributed by atoms with E-state index in [4.69, 9.17) is 20.9 Å². The van der Waals surface area contributed by atoms with Crippen molar-refractivity contribution in [1.82, 2.24) is 0 Å². The largest absolute Gasteiger partial charge is 0.486 e. The highest BCUT2D eigenvalue weighted by molar-refractivity contribution is 5.42. The van der Waals surface area contributed by atoms with Crippen LogP contribution in [0.1, 0.15) is 26.2 Å². The van der Waals surface area contributed by atoms with Crippen molar-refractivity contribution < 1.29 is 22.6 Å². The molecule has 4 nitrogen and oxygen atoms in total. The van der Waals surface area contributed by atoms with Crippen molar-refractivity contribution in [3.63, 3.8) is 0 Å². The minimum Gasteiger partial charge on any atom is -0.486 e. The van der Waals surface area contributed by atoms with Gasteiger partial charge < -0.3 is 20.9 Å². The van der Waals surface area contributed by atoms with Crippen molar-refractivity contribution in [2.45, 2.75) is 38.5 Å². The molecule has 0 fully saturated rings. The van der Waals surface area contributed by atoms with Crippen LogP contribution in [0.2, 0.25) is 0 Å². The molecule has 0 heterocycles. The van der Waals surface area contributed by atoms with Gasteiger partial charge in [0.25, 0.3) is 0 Å². The Morgan fingerprint density at radius 3 is 1.91 bits per heavy atom. The lowest BCUT2D eigenvalue weighted by Gasteiger charge is -2.44. The number of anilines is 1. The summed E-state index contributed by atoms with van der Waals surface area (Å²) in [5.41, 5.74) is 10.8. The summed E-state index contributed by atoms with van der Waals surface area (Å²) in [6, 6.07) is 6.87. The summed E-state index contributed by atoms with van der Waals surface area (Å²) in [7, 11) is 0. The first-order valence-corrected chi connectivity index (χ1v) is 11.3. The Balaban J connectivity index is 1.43. The number of nitrogen functional groups attached to an aromatic ring is 1. The van der Waals surface area contributed by atoms with Gasteiger partial charge in [0.05, 0.1) is 5.41 Å². The van der Waals surface area contributed by atoms with E-state index in [-0.39, 0.29) is 18.9 Å². The maximum atomic E-state index is 14.5. The molecule has 0 amide bonds. The Kier molecular flexibility index (Phi) is 6.64. The van der Waals surface area contributed by atoms with Gasteiger partial charge in [-0.2, -0.15) is 13.2 Å². The first-order chi connectivity index (χ1) is 16.1. The zero-order valence-electron chi connectivity index (χ0n) is 19.0. The lowest BCUT2D eigenvalue weighted by molar-refractivity contribution is -0.245. The standard InChI is InChI=1S/C27H29F3N2O2/c1-26(27(28,29)30,18-2-10-22(11-3-18)33-24-14-6-20(31)7-15-24)19-4-12-23(13-5-19)34-25-16-8-21(32)9-17-25/h2,4,6-16,18-19,25H,3,5,17,31-32H2,1H3. The molecule has 0 aromatic heterocycles. The quantitative estimate of drug-likeness (QED) is 0.477. The van der Waals surface area contributed by atoms with E-state index in [9.17, 15) is 13.2 Å². The minimum atomic E-state index is -4.39. The molecule has 7 heteroatoms. The van der Waals surface area contributed by atoms with Gasteiger partial charge in [-0.25, -0.2) is 0 Å². The van der Waals surface area contributed by atoms with E-state index in [1.807, 2.05) is 12.2 Å². The third-order valence-corrected chi connectivity index (χ3v) is 6.78. The van der Waals surface area contributed by atoms with Gasteiger partial charge >= 0.3 is 6.18 Å². The molecule has 1 aromatic carbocycles. The maximum absolute atomic E-state index is 14.5. The van der Waals surface area contributed by atoms with Crippen molar-refractivity contribution in [2.75, 3.05) is 5.73 Å². The topological polar surface area (TPSA) is 70.5 Å². The van der Waals surface area contributed by atoms with E-state index in [0.717, 1.165) is 0 Å². The number of alkyl halides is 3. The fourth-order valence-electron chi connectivity index (χ4n) is 4.50. The number of hydrogen-bond donors (Lipinski definition) is 2. The predicted octanol–water partition coefficient (Wildman–Crippen LogP) is 6.32. The van der Waals surface area contributed by atoms with Crippen LogP contribution in [0.25, 0.3) is 0 Å². The monoisotopic (exact) mass is 470 g/mol. The molecule has 0 spiro atoms. The van der Waals surface area contributed by atoms with Crippen LogP contribution in [0.3, 0.4) is 0 Å². The number of rotatable bonds is 6. The molecule has 4 atom stereocenters. The summed E-state index contributed by atoms with van der Waals surface area (Å²) in [6.45, 7) is 1.31. The Hall–Kier alpha value is -3.35. The zero-order valence-corrected chi connectivity index (χ0v) is 19.0. The van der Waals surface area contributed by atoms with Crippen LogP contribution in [0.5, 0.6) is 5.75 Å². The number of ether oxygens (including phenoxy) is 2. The molecule has 4 unspecified atom stereocenters. The molecule has 180 valence electrons. The zero-order chi connectivity index (χ0) is 24.3. The molecule has 0 saturated heterocycles. The SMILES string of the molecule is CC(C1C=CC(Oc2ccc(N)cc2)=CC1)(C1C=CC(OC2C=CC(N)=CC2)=CC1)C(F)(F)F. The summed E-state index contributed by atoms with van der Waals surface area (Å²) in [4.78, 5) is 0. The van der Waals surface area contributed by atoms with Crippen LogP contribution in [-0.2, 0) is 4.74 Å². The smallest absolute Gasteiger partial charge is 0.395 e. The number of benzene rings is 1. The maximum Gasteiger partial charge on any atom is 0.395 e. The molecule has 4 rings (SSSR count). The van der Waals surface area contributed by atoms with Crippen LogP contribution in [0.4, 0.5) is 18.9 Å². The van der Waals surface area contributed by atoms with Gasteiger partial charge in [-0.3, -0.25) is 0 Å². The molecular weight excluding hydrogens is 441 g/mol. The molecule has 0 radical (unpaired) electrons. The van der Waals surface area contributed by atoms with Crippen LogP contribution < -0.4 is 16.2 Å². The molecular formula is C27H29F3N2O2. The van der Waals surface area contributed by atoms with Crippen LogP contribution >= 0.6 is 0 Å². The highest BCUT2D eigenvalue weighted by atomic mass is 19.4. The third-order valence-electron chi connectivity index (χ3n) is 6.78. The van der Waals surface area contributed by atoms with Gasteiger partial charge in [0.1, 0.15) is 23.4 Å². The Morgan fingerprint density at radius 2 is 1.41 bits per heavy atom. The van der Waals surface area contributed by atoms with Crippen molar-refractivity contribution in [2.24, 2.45) is 23.0 Å². The molecule has 0 aliphatic heterocycles.